The minimum absolute atomic E-state index is 0.271. The van der Waals surface area contributed by atoms with E-state index in [9.17, 15) is 22.0 Å². The molecule has 22 heavy (non-hydrogen) atoms. The predicted octanol–water partition coefficient (Wildman–Crippen LogP) is 4.05. The molecule has 2 aromatic rings. The number of alkyl halides is 2. The molecule has 4 nitrogen and oxygen atoms in total. The highest BCUT2D eigenvalue weighted by Gasteiger charge is 2.26. The molecule has 0 unspecified atom stereocenters. The van der Waals surface area contributed by atoms with E-state index in [2.05, 4.69) is 15.9 Å². The van der Waals surface area contributed by atoms with Crippen LogP contribution in [0.15, 0.2) is 51.8 Å². The van der Waals surface area contributed by atoms with E-state index in [1.165, 1.54) is 12.1 Å². The van der Waals surface area contributed by atoms with E-state index in [-0.39, 0.29) is 5.75 Å². The lowest BCUT2D eigenvalue weighted by Gasteiger charge is -2.09. The molecule has 8 heteroatoms. The van der Waals surface area contributed by atoms with Crippen molar-refractivity contribution in [1.29, 1.82) is 0 Å². The van der Waals surface area contributed by atoms with Crippen LogP contribution in [0.2, 0.25) is 0 Å². The maximum Gasteiger partial charge on any atom is 0.341 e. The Morgan fingerprint density at radius 3 is 2.23 bits per heavy atom. The van der Waals surface area contributed by atoms with Gasteiger partial charge in [0.15, 0.2) is 0 Å². The Morgan fingerprint density at radius 2 is 1.73 bits per heavy atom. The van der Waals surface area contributed by atoms with E-state index in [0.29, 0.717) is 22.1 Å². The van der Waals surface area contributed by atoms with Crippen LogP contribution in [0.4, 0.5) is 8.78 Å². The molecule has 0 bridgehead atoms. The molecule has 116 valence electrons. The summed E-state index contributed by atoms with van der Waals surface area (Å²) in [5.74, 6) is -2.80. The second-order valence-corrected chi connectivity index (χ2v) is 6.96. The fraction of sp³-hybridized carbons (Fsp3) is 0.0714. The standard InChI is InChI=1S/C14H9BrF2O4S/c15-12-7-9(8-18)1-6-13(12)21-10-2-4-11(5-3-10)22(19,20)14(16)17/h1-8,14H. The van der Waals surface area contributed by atoms with Crippen LogP contribution in [0.1, 0.15) is 10.4 Å². The number of rotatable bonds is 5. The summed E-state index contributed by atoms with van der Waals surface area (Å²) < 4.78 is 53.4. The van der Waals surface area contributed by atoms with Gasteiger partial charge in [-0.2, -0.15) is 8.78 Å². The number of carbonyl (C=O) groups is 1. The molecule has 0 heterocycles. The summed E-state index contributed by atoms with van der Waals surface area (Å²) in [6, 6.07) is 9.29. The van der Waals surface area contributed by atoms with Gasteiger partial charge >= 0.3 is 5.76 Å². The Labute approximate surface area is 133 Å². The van der Waals surface area contributed by atoms with Crippen molar-refractivity contribution in [2.75, 3.05) is 0 Å². The molecule has 0 N–H and O–H groups in total. The number of hydrogen-bond donors (Lipinski definition) is 0. The topological polar surface area (TPSA) is 60.4 Å². The normalized spacial score (nSPS) is 11.5. The van der Waals surface area contributed by atoms with Crippen LogP contribution >= 0.6 is 15.9 Å². The number of ether oxygens (including phenoxy) is 1. The Hall–Kier alpha value is -1.80. The summed E-state index contributed by atoms with van der Waals surface area (Å²) in [6.07, 6.45) is 0.679. The highest BCUT2D eigenvalue weighted by molar-refractivity contribution is 9.10. The van der Waals surface area contributed by atoms with Crippen LogP contribution < -0.4 is 4.74 Å². The first-order valence-corrected chi connectivity index (χ1v) is 8.23. The van der Waals surface area contributed by atoms with Gasteiger partial charge in [-0.25, -0.2) is 8.42 Å². The van der Waals surface area contributed by atoms with Gasteiger partial charge < -0.3 is 4.74 Å². The molecule has 2 rings (SSSR count). The molecule has 0 atom stereocenters. The van der Waals surface area contributed by atoms with Gasteiger partial charge in [0.25, 0.3) is 0 Å². The van der Waals surface area contributed by atoms with Gasteiger partial charge in [0, 0.05) is 5.56 Å². The van der Waals surface area contributed by atoms with E-state index in [0.717, 1.165) is 12.1 Å². The van der Waals surface area contributed by atoms with Crippen molar-refractivity contribution >= 4 is 32.1 Å². The predicted molar refractivity (Wildman–Crippen MR) is 79.2 cm³/mol. The number of hydrogen-bond acceptors (Lipinski definition) is 4. The first-order valence-electron chi connectivity index (χ1n) is 5.89. The lowest BCUT2D eigenvalue weighted by atomic mass is 10.2. The van der Waals surface area contributed by atoms with E-state index in [1.807, 2.05) is 0 Å². The van der Waals surface area contributed by atoms with Crippen molar-refractivity contribution in [3.8, 4) is 11.5 Å². The fourth-order valence-corrected chi connectivity index (χ4v) is 2.80. The molecule has 0 aliphatic carbocycles. The van der Waals surface area contributed by atoms with Gasteiger partial charge in [-0.05, 0) is 58.4 Å². The summed E-state index contributed by atoms with van der Waals surface area (Å²) >= 11 is 3.23. The Bertz CT molecular complexity index is 789. The zero-order chi connectivity index (χ0) is 16.3. The summed E-state index contributed by atoms with van der Waals surface area (Å²) in [7, 11) is -4.62. The monoisotopic (exact) mass is 390 g/mol. The minimum atomic E-state index is -4.62. The quantitative estimate of drug-likeness (QED) is 0.722. The summed E-state index contributed by atoms with van der Waals surface area (Å²) in [5, 5.41) is 0. The molecule has 0 radical (unpaired) electrons. The maximum atomic E-state index is 12.4. The van der Waals surface area contributed by atoms with Crippen molar-refractivity contribution in [3.63, 3.8) is 0 Å². The molecule has 0 aromatic heterocycles. The summed E-state index contributed by atoms with van der Waals surface area (Å²) in [6.45, 7) is 0. The second-order valence-electron chi connectivity index (χ2n) is 4.19. The van der Waals surface area contributed by atoms with Gasteiger partial charge in [-0.3, -0.25) is 4.79 Å². The lowest BCUT2D eigenvalue weighted by Crippen LogP contribution is -2.11. The van der Waals surface area contributed by atoms with Crippen LogP contribution in [-0.2, 0) is 9.84 Å². The lowest BCUT2D eigenvalue weighted by molar-refractivity contribution is 0.112. The number of carbonyl (C=O) groups excluding carboxylic acids is 1. The molecule has 0 fully saturated rings. The molecule has 0 saturated carbocycles. The van der Waals surface area contributed by atoms with E-state index in [4.69, 9.17) is 4.74 Å². The number of benzene rings is 2. The van der Waals surface area contributed by atoms with Crippen LogP contribution in [0.25, 0.3) is 0 Å². The highest BCUT2D eigenvalue weighted by atomic mass is 79.9. The molecule has 2 aromatic carbocycles. The largest absolute Gasteiger partial charge is 0.456 e. The molecular weight excluding hydrogens is 382 g/mol. The smallest absolute Gasteiger partial charge is 0.341 e. The zero-order valence-electron chi connectivity index (χ0n) is 10.9. The van der Waals surface area contributed by atoms with Crippen LogP contribution in [-0.4, -0.2) is 20.5 Å². The van der Waals surface area contributed by atoms with E-state index < -0.39 is 20.5 Å². The van der Waals surface area contributed by atoms with E-state index >= 15 is 0 Å². The van der Waals surface area contributed by atoms with Crippen LogP contribution in [0, 0.1) is 0 Å². The van der Waals surface area contributed by atoms with Crippen molar-refractivity contribution in [2.24, 2.45) is 0 Å². The molecule has 0 aliphatic heterocycles. The maximum absolute atomic E-state index is 12.4. The molecule has 0 spiro atoms. The van der Waals surface area contributed by atoms with Crippen molar-refractivity contribution in [2.45, 2.75) is 10.7 Å². The van der Waals surface area contributed by atoms with E-state index in [1.54, 1.807) is 18.2 Å². The summed E-state index contributed by atoms with van der Waals surface area (Å²) in [4.78, 5) is 10.2. The van der Waals surface area contributed by atoms with Crippen LogP contribution in [0.3, 0.4) is 0 Å². The first-order chi connectivity index (χ1) is 10.3. The van der Waals surface area contributed by atoms with Crippen molar-refractivity contribution in [3.05, 3.63) is 52.5 Å². The number of sulfone groups is 1. The third-order valence-corrected chi connectivity index (χ3v) is 4.72. The SMILES string of the molecule is O=Cc1ccc(Oc2ccc(S(=O)(=O)C(F)F)cc2)c(Br)c1. The Morgan fingerprint density at radius 1 is 1.09 bits per heavy atom. The Balaban J connectivity index is 2.24. The number of halogens is 3. The highest BCUT2D eigenvalue weighted by Crippen LogP contribution is 2.31. The van der Waals surface area contributed by atoms with Gasteiger partial charge in [0.1, 0.15) is 17.8 Å². The molecule has 0 aliphatic rings. The third kappa shape index (κ3) is 3.50. The minimum Gasteiger partial charge on any atom is -0.456 e. The van der Waals surface area contributed by atoms with Gasteiger partial charge in [0.05, 0.1) is 9.37 Å². The average molecular weight is 391 g/mol. The molecular formula is C14H9BrF2O4S. The van der Waals surface area contributed by atoms with Gasteiger partial charge in [-0.1, -0.05) is 0 Å². The first kappa shape index (κ1) is 16.6. The third-order valence-electron chi connectivity index (χ3n) is 2.71. The van der Waals surface area contributed by atoms with Crippen molar-refractivity contribution in [1.82, 2.24) is 0 Å². The van der Waals surface area contributed by atoms with Gasteiger partial charge in [-0.15, -0.1) is 0 Å². The van der Waals surface area contributed by atoms with Crippen LogP contribution in [0.5, 0.6) is 11.5 Å². The average Bonchev–Trinajstić information content (AvgIpc) is 2.49. The molecule has 0 amide bonds. The fourth-order valence-electron chi connectivity index (χ4n) is 1.60. The Kier molecular flexibility index (Phi) is 4.92. The molecule has 0 saturated heterocycles. The second kappa shape index (κ2) is 6.53. The summed E-state index contributed by atoms with van der Waals surface area (Å²) in [5.41, 5.74) is 0.456. The van der Waals surface area contributed by atoms with Gasteiger partial charge in [0.2, 0.25) is 9.84 Å². The van der Waals surface area contributed by atoms with Crippen molar-refractivity contribution < 1.29 is 26.7 Å². The number of aldehydes is 1. The zero-order valence-corrected chi connectivity index (χ0v) is 13.3.